The second kappa shape index (κ2) is 7.17. The molecule has 0 saturated carbocycles. The maximum atomic E-state index is 6.24. The molecule has 2 aromatic rings. The van der Waals surface area contributed by atoms with Crippen molar-refractivity contribution in [2.75, 3.05) is 5.32 Å². The first-order valence-electron chi connectivity index (χ1n) is 6.12. The Hall–Kier alpha value is -0.220. The van der Waals surface area contributed by atoms with Crippen LogP contribution in [0.3, 0.4) is 0 Å². The van der Waals surface area contributed by atoms with Crippen LogP contribution in [-0.2, 0) is 6.42 Å². The molecular formula is C15H13Br2Cl2N. The molecule has 0 amide bonds. The lowest BCUT2D eigenvalue weighted by Gasteiger charge is -2.17. The van der Waals surface area contributed by atoms with Crippen molar-refractivity contribution in [2.45, 2.75) is 19.4 Å². The summed E-state index contributed by atoms with van der Waals surface area (Å²) in [5, 5.41) is 4.47. The molecule has 1 N–H and O–H groups in total. The van der Waals surface area contributed by atoms with Gasteiger partial charge in [-0.05, 0) is 59.1 Å². The Kier molecular flexibility index (Phi) is 5.79. The summed E-state index contributed by atoms with van der Waals surface area (Å²) < 4.78 is 1.89. The van der Waals surface area contributed by atoms with E-state index in [1.807, 2.05) is 24.3 Å². The predicted octanol–water partition coefficient (Wildman–Crippen LogP) is 6.56. The minimum atomic E-state index is 0.255. The van der Waals surface area contributed by atoms with Crippen molar-refractivity contribution in [3.05, 3.63) is 61.0 Å². The summed E-state index contributed by atoms with van der Waals surface area (Å²) in [6.07, 6.45) is 0.914. The molecule has 0 spiro atoms. The Morgan fingerprint density at radius 2 is 1.65 bits per heavy atom. The third-order valence-electron chi connectivity index (χ3n) is 2.89. The van der Waals surface area contributed by atoms with E-state index < -0.39 is 0 Å². The van der Waals surface area contributed by atoms with Crippen LogP contribution >= 0.6 is 55.1 Å². The predicted molar refractivity (Wildman–Crippen MR) is 95.1 cm³/mol. The van der Waals surface area contributed by atoms with Crippen LogP contribution in [0, 0.1) is 0 Å². The van der Waals surface area contributed by atoms with Gasteiger partial charge < -0.3 is 5.32 Å². The third-order valence-corrected chi connectivity index (χ3v) is 5.19. The van der Waals surface area contributed by atoms with E-state index in [1.54, 1.807) is 0 Å². The Labute approximate surface area is 145 Å². The molecule has 0 aromatic heterocycles. The van der Waals surface area contributed by atoms with E-state index in [-0.39, 0.29) is 6.04 Å². The lowest BCUT2D eigenvalue weighted by molar-refractivity contribution is 0.790. The standard InChI is InChI=1S/C15H13Br2Cl2N/c1-9(8-10-2-4-11(16)5-3-10)20-13-7-6-12(17)14(18)15(13)19/h2-7,9,20H,8H2,1H3. The summed E-state index contributed by atoms with van der Waals surface area (Å²) >= 11 is 19.2. The first kappa shape index (κ1) is 16.2. The van der Waals surface area contributed by atoms with E-state index in [9.17, 15) is 0 Å². The monoisotopic (exact) mass is 435 g/mol. The molecule has 0 radical (unpaired) electrons. The first-order valence-corrected chi connectivity index (χ1v) is 8.46. The molecule has 106 valence electrons. The highest BCUT2D eigenvalue weighted by atomic mass is 79.9. The summed E-state index contributed by atoms with van der Waals surface area (Å²) in [5.74, 6) is 0. The van der Waals surface area contributed by atoms with Crippen LogP contribution in [0.15, 0.2) is 45.3 Å². The molecule has 0 aliphatic rings. The second-order valence-corrected chi connectivity index (χ2v) is 7.12. The molecule has 0 bridgehead atoms. The molecular weight excluding hydrogens is 425 g/mol. The van der Waals surface area contributed by atoms with E-state index in [2.05, 4.69) is 56.2 Å². The summed E-state index contributed by atoms with van der Waals surface area (Å²) in [7, 11) is 0. The quantitative estimate of drug-likeness (QED) is 0.534. The van der Waals surface area contributed by atoms with Crippen LogP contribution in [0.1, 0.15) is 12.5 Å². The Morgan fingerprint density at radius 3 is 2.30 bits per heavy atom. The summed E-state index contributed by atoms with van der Waals surface area (Å²) in [6, 6.07) is 12.4. The average Bonchev–Trinajstić information content (AvgIpc) is 2.42. The van der Waals surface area contributed by atoms with E-state index in [4.69, 9.17) is 23.2 Å². The van der Waals surface area contributed by atoms with Gasteiger partial charge >= 0.3 is 0 Å². The topological polar surface area (TPSA) is 12.0 Å². The number of rotatable bonds is 4. The maximum Gasteiger partial charge on any atom is 0.0835 e. The number of hydrogen-bond donors (Lipinski definition) is 1. The van der Waals surface area contributed by atoms with Crippen LogP contribution in [0.25, 0.3) is 0 Å². The van der Waals surface area contributed by atoms with Gasteiger partial charge in [0, 0.05) is 15.0 Å². The zero-order chi connectivity index (χ0) is 14.7. The number of hydrogen-bond acceptors (Lipinski definition) is 1. The molecule has 1 nitrogen and oxygen atoms in total. The summed E-state index contributed by atoms with van der Waals surface area (Å²) in [4.78, 5) is 0. The van der Waals surface area contributed by atoms with Gasteiger partial charge in [-0.2, -0.15) is 0 Å². The van der Waals surface area contributed by atoms with Gasteiger partial charge in [0.1, 0.15) is 0 Å². The molecule has 0 aliphatic heterocycles. The maximum absolute atomic E-state index is 6.24. The first-order chi connectivity index (χ1) is 9.47. The van der Waals surface area contributed by atoms with E-state index in [0.29, 0.717) is 10.0 Å². The molecule has 0 aliphatic carbocycles. The van der Waals surface area contributed by atoms with E-state index in [0.717, 1.165) is 21.1 Å². The van der Waals surface area contributed by atoms with Gasteiger partial charge in [-0.25, -0.2) is 0 Å². The fourth-order valence-corrected chi connectivity index (χ4v) is 3.02. The van der Waals surface area contributed by atoms with Crippen molar-refractivity contribution in [3.8, 4) is 0 Å². The lowest BCUT2D eigenvalue weighted by atomic mass is 10.1. The Bertz CT molecular complexity index is 600. The van der Waals surface area contributed by atoms with Crippen molar-refractivity contribution in [1.29, 1.82) is 0 Å². The van der Waals surface area contributed by atoms with Gasteiger partial charge in [0.25, 0.3) is 0 Å². The fraction of sp³-hybridized carbons (Fsp3) is 0.200. The van der Waals surface area contributed by atoms with Crippen molar-refractivity contribution < 1.29 is 0 Å². The van der Waals surface area contributed by atoms with Crippen LogP contribution in [0.5, 0.6) is 0 Å². The second-order valence-electron chi connectivity index (χ2n) is 4.60. The van der Waals surface area contributed by atoms with Gasteiger partial charge in [0.15, 0.2) is 0 Å². The molecule has 0 saturated heterocycles. The van der Waals surface area contributed by atoms with Crippen LogP contribution in [0.2, 0.25) is 10.0 Å². The Balaban J connectivity index is 2.06. The molecule has 0 fully saturated rings. The molecule has 2 rings (SSSR count). The Morgan fingerprint density at radius 1 is 1.00 bits per heavy atom. The van der Waals surface area contributed by atoms with Gasteiger partial charge in [-0.1, -0.05) is 51.3 Å². The minimum absolute atomic E-state index is 0.255. The van der Waals surface area contributed by atoms with Gasteiger partial charge in [0.2, 0.25) is 0 Å². The highest BCUT2D eigenvalue weighted by Gasteiger charge is 2.11. The van der Waals surface area contributed by atoms with E-state index >= 15 is 0 Å². The fourth-order valence-electron chi connectivity index (χ4n) is 1.93. The molecule has 0 heterocycles. The number of benzene rings is 2. The highest BCUT2D eigenvalue weighted by molar-refractivity contribution is 9.10. The van der Waals surface area contributed by atoms with Crippen LogP contribution in [0.4, 0.5) is 5.69 Å². The van der Waals surface area contributed by atoms with Crippen molar-refractivity contribution in [1.82, 2.24) is 0 Å². The molecule has 5 heteroatoms. The van der Waals surface area contributed by atoms with Gasteiger partial charge in [-0.15, -0.1) is 0 Å². The van der Waals surface area contributed by atoms with Gasteiger partial charge in [0.05, 0.1) is 15.7 Å². The van der Waals surface area contributed by atoms with Gasteiger partial charge in [-0.3, -0.25) is 0 Å². The van der Waals surface area contributed by atoms with Crippen molar-refractivity contribution in [2.24, 2.45) is 0 Å². The number of nitrogens with one attached hydrogen (secondary N) is 1. The molecule has 2 aromatic carbocycles. The van der Waals surface area contributed by atoms with Crippen molar-refractivity contribution in [3.63, 3.8) is 0 Å². The largest absolute Gasteiger partial charge is 0.381 e. The summed E-state index contributed by atoms with van der Waals surface area (Å²) in [6.45, 7) is 2.12. The SMILES string of the molecule is CC(Cc1ccc(Br)cc1)Nc1ccc(Br)c(Cl)c1Cl. The zero-order valence-electron chi connectivity index (χ0n) is 10.8. The molecule has 20 heavy (non-hydrogen) atoms. The minimum Gasteiger partial charge on any atom is -0.381 e. The number of halogens is 4. The highest BCUT2D eigenvalue weighted by Crippen LogP contribution is 2.36. The number of anilines is 1. The zero-order valence-corrected chi connectivity index (χ0v) is 15.4. The lowest BCUT2D eigenvalue weighted by Crippen LogP contribution is -2.18. The summed E-state index contributed by atoms with van der Waals surface area (Å²) in [5.41, 5.74) is 2.12. The van der Waals surface area contributed by atoms with Crippen LogP contribution < -0.4 is 5.32 Å². The normalized spacial score (nSPS) is 12.2. The van der Waals surface area contributed by atoms with Crippen molar-refractivity contribution >= 4 is 60.7 Å². The third kappa shape index (κ3) is 4.14. The van der Waals surface area contributed by atoms with Crippen LogP contribution in [-0.4, -0.2) is 6.04 Å². The molecule has 1 unspecified atom stereocenters. The van der Waals surface area contributed by atoms with E-state index in [1.165, 1.54) is 5.56 Å². The average molecular weight is 438 g/mol. The molecule has 1 atom stereocenters. The smallest absolute Gasteiger partial charge is 0.0835 e.